The van der Waals surface area contributed by atoms with Crippen molar-refractivity contribution in [2.45, 2.75) is 25.4 Å². The van der Waals surface area contributed by atoms with Crippen molar-refractivity contribution >= 4 is 0 Å². The zero-order valence-electron chi connectivity index (χ0n) is 8.26. The van der Waals surface area contributed by atoms with Gasteiger partial charge in [0.2, 0.25) is 0 Å². The molecular weight excluding hydrogens is 172 g/mol. The van der Waals surface area contributed by atoms with Crippen LogP contribution in [0.3, 0.4) is 0 Å². The SMILES string of the molecule is O[C@H](c1ccccc1)C1C=CCCC1. The first-order chi connectivity index (χ1) is 6.88. The summed E-state index contributed by atoms with van der Waals surface area (Å²) in [6, 6.07) is 9.92. The first-order valence-electron chi connectivity index (χ1n) is 5.27. The van der Waals surface area contributed by atoms with Crippen LogP contribution in [-0.2, 0) is 0 Å². The molecule has 1 nitrogen and oxygen atoms in total. The third-order valence-electron chi connectivity index (χ3n) is 2.84. The minimum Gasteiger partial charge on any atom is -0.388 e. The van der Waals surface area contributed by atoms with E-state index in [9.17, 15) is 5.11 Å². The first-order valence-corrected chi connectivity index (χ1v) is 5.27. The molecule has 2 rings (SSSR count). The molecule has 0 saturated carbocycles. The average Bonchev–Trinajstić information content (AvgIpc) is 2.30. The van der Waals surface area contributed by atoms with E-state index in [0.29, 0.717) is 5.92 Å². The second-order valence-corrected chi connectivity index (χ2v) is 3.88. The molecule has 1 aliphatic rings. The number of rotatable bonds is 2. The van der Waals surface area contributed by atoms with Gasteiger partial charge >= 0.3 is 0 Å². The van der Waals surface area contributed by atoms with Crippen molar-refractivity contribution in [1.29, 1.82) is 0 Å². The number of aliphatic hydroxyl groups is 1. The fourth-order valence-electron chi connectivity index (χ4n) is 2.00. The number of allylic oxidation sites excluding steroid dienone is 1. The molecular formula is C13H16O. The van der Waals surface area contributed by atoms with E-state index in [-0.39, 0.29) is 6.10 Å². The molecule has 2 atom stereocenters. The quantitative estimate of drug-likeness (QED) is 0.707. The Morgan fingerprint density at radius 3 is 2.64 bits per heavy atom. The molecule has 0 bridgehead atoms. The van der Waals surface area contributed by atoms with Gasteiger partial charge in [0.1, 0.15) is 0 Å². The Morgan fingerprint density at radius 2 is 2.00 bits per heavy atom. The Bertz CT molecular complexity index is 302. The second kappa shape index (κ2) is 4.43. The molecule has 0 heterocycles. The van der Waals surface area contributed by atoms with Crippen LogP contribution < -0.4 is 0 Å². The van der Waals surface area contributed by atoms with Crippen LogP contribution in [0.5, 0.6) is 0 Å². The van der Waals surface area contributed by atoms with Gasteiger partial charge in [-0.1, -0.05) is 42.5 Å². The predicted molar refractivity (Wildman–Crippen MR) is 57.9 cm³/mol. The Labute approximate surface area is 85.1 Å². The lowest BCUT2D eigenvalue weighted by Crippen LogP contribution is -2.12. The van der Waals surface area contributed by atoms with E-state index in [1.54, 1.807) is 0 Å². The fourth-order valence-corrected chi connectivity index (χ4v) is 2.00. The molecule has 1 aromatic rings. The van der Waals surface area contributed by atoms with Crippen molar-refractivity contribution in [3.63, 3.8) is 0 Å². The van der Waals surface area contributed by atoms with Crippen LogP contribution in [0.15, 0.2) is 42.5 Å². The largest absolute Gasteiger partial charge is 0.388 e. The Morgan fingerprint density at radius 1 is 1.21 bits per heavy atom. The van der Waals surface area contributed by atoms with Crippen LogP contribution in [0.2, 0.25) is 0 Å². The maximum absolute atomic E-state index is 10.1. The molecule has 0 aliphatic heterocycles. The third-order valence-corrected chi connectivity index (χ3v) is 2.84. The van der Waals surface area contributed by atoms with Crippen molar-refractivity contribution in [2.75, 3.05) is 0 Å². The van der Waals surface area contributed by atoms with Crippen LogP contribution in [-0.4, -0.2) is 5.11 Å². The molecule has 0 aromatic heterocycles. The summed E-state index contributed by atoms with van der Waals surface area (Å²) in [7, 11) is 0. The maximum atomic E-state index is 10.1. The molecule has 0 radical (unpaired) electrons. The lowest BCUT2D eigenvalue weighted by atomic mass is 9.87. The van der Waals surface area contributed by atoms with Crippen molar-refractivity contribution in [3.05, 3.63) is 48.0 Å². The van der Waals surface area contributed by atoms with E-state index in [1.807, 2.05) is 30.3 Å². The van der Waals surface area contributed by atoms with Gasteiger partial charge in [0.25, 0.3) is 0 Å². The number of hydrogen-bond acceptors (Lipinski definition) is 1. The summed E-state index contributed by atoms with van der Waals surface area (Å²) in [5, 5.41) is 10.1. The normalized spacial score (nSPS) is 23.4. The molecule has 0 spiro atoms. The minimum atomic E-state index is -0.326. The monoisotopic (exact) mass is 188 g/mol. The van der Waals surface area contributed by atoms with E-state index in [1.165, 1.54) is 6.42 Å². The van der Waals surface area contributed by atoms with Gasteiger partial charge in [0, 0.05) is 5.92 Å². The van der Waals surface area contributed by atoms with Gasteiger partial charge < -0.3 is 5.11 Å². The third kappa shape index (κ3) is 2.05. The fraction of sp³-hybridized carbons (Fsp3) is 0.385. The zero-order chi connectivity index (χ0) is 9.80. The van der Waals surface area contributed by atoms with Crippen LogP contribution in [0, 0.1) is 5.92 Å². The van der Waals surface area contributed by atoms with Crippen molar-refractivity contribution < 1.29 is 5.11 Å². The summed E-state index contributed by atoms with van der Waals surface area (Å²) in [6.07, 6.45) is 7.48. The summed E-state index contributed by atoms with van der Waals surface area (Å²) in [6.45, 7) is 0. The molecule has 1 aliphatic carbocycles. The lowest BCUT2D eigenvalue weighted by Gasteiger charge is -2.22. The van der Waals surface area contributed by atoms with E-state index in [4.69, 9.17) is 0 Å². The van der Waals surface area contributed by atoms with Gasteiger partial charge in [0.05, 0.1) is 6.10 Å². The van der Waals surface area contributed by atoms with E-state index < -0.39 is 0 Å². The molecule has 74 valence electrons. The number of hydrogen-bond donors (Lipinski definition) is 1. The summed E-state index contributed by atoms with van der Waals surface area (Å²) in [5.74, 6) is 0.311. The molecule has 0 saturated heterocycles. The highest BCUT2D eigenvalue weighted by Crippen LogP contribution is 2.29. The van der Waals surface area contributed by atoms with Crippen LogP contribution in [0.25, 0.3) is 0 Å². The highest BCUT2D eigenvalue weighted by Gasteiger charge is 2.19. The summed E-state index contributed by atoms with van der Waals surface area (Å²) in [4.78, 5) is 0. The highest BCUT2D eigenvalue weighted by atomic mass is 16.3. The van der Waals surface area contributed by atoms with Crippen LogP contribution in [0.1, 0.15) is 30.9 Å². The van der Waals surface area contributed by atoms with Gasteiger partial charge in [-0.25, -0.2) is 0 Å². The smallest absolute Gasteiger partial charge is 0.0852 e. The topological polar surface area (TPSA) is 20.2 Å². The zero-order valence-corrected chi connectivity index (χ0v) is 8.26. The Balaban J connectivity index is 2.11. The van der Waals surface area contributed by atoms with Gasteiger partial charge in [-0.05, 0) is 24.8 Å². The van der Waals surface area contributed by atoms with Gasteiger partial charge in [-0.3, -0.25) is 0 Å². The molecule has 1 aromatic carbocycles. The predicted octanol–water partition coefficient (Wildman–Crippen LogP) is 3.08. The van der Waals surface area contributed by atoms with Crippen molar-refractivity contribution in [3.8, 4) is 0 Å². The van der Waals surface area contributed by atoms with Gasteiger partial charge in [-0.2, -0.15) is 0 Å². The number of benzene rings is 1. The lowest BCUT2D eigenvalue weighted by molar-refractivity contribution is 0.123. The molecule has 1 heteroatoms. The van der Waals surface area contributed by atoms with Crippen molar-refractivity contribution in [2.24, 2.45) is 5.92 Å². The van der Waals surface area contributed by atoms with Gasteiger partial charge in [0.15, 0.2) is 0 Å². The molecule has 1 unspecified atom stereocenters. The Hall–Kier alpha value is -1.08. The van der Waals surface area contributed by atoms with Crippen molar-refractivity contribution in [1.82, 2.24) is 0 Å². The highest BCUT2D eigenvalue weighted by molar-refractivity contribution is 5.19. The molecule has 0 fully saturated rings. The molecule has 0 amide bonds. The van der Waals surface area contributed by atoms with Gasteiger partial charge in [-0.15, -0.1) is 0 Å². The molecule has 1 N–H and O–H groups in total. The van der Waals surface area contributed by atoms with E-state index in [0.717, 1.165) is 18.4 Å². The van der Waals surface area contributed by atoms with Crippen LogP contribution >= 0.6 is 0 Å². The first kappa shape index (κ1) is 9.47. The van der Waals surface area contributed by atoms with E-state index >= 15 is 0 Å². The summed E-state index contributed by atoms with van der Waals surface area (Å²) >= 11 is 0. The number of aliphatic hydroxyl groups excluding tert-OH is 1. The summed E-state index contributed by atoms with van der Waals surface area (Å²) < 4.78 is 0. The maximum Gasteiger partial charge on any atom is 0.0852 e. The standard InChI is InChI=1S/C13H16O/c14-13(11-7-3-1-4-8-11)12-9-5-2-6-10-12/h1,3-5,7-9,12-14H,2,6,10H2/t12?,13-/m1/s1. The Kier molecular flexibility index (Phi) is 3.00. The van der Waals surface area contributed by atoms with E-state index in [2.05, 4.69) is 12.2 Å². The summed E-state index contributed by atoms with van der Waals surface area (Å²) in [5.41, 5.74) is 1.03. The second-order valence-electron chi connectivity index (χ2n) is 3.88. The van der Waals surface area contributed by atoms with Crippen LogP contribution in [0.4, 0.5) is 0 Å². The molecule has 14 heavy (non-hydrogen) atoms. The average molecular weight is 188 g/mol. The minimum absolute atomic E-state index is 0.311.